The second-order valence-corrected chi connectivity index (χ2v) is 5.59. The topological polar surface area (TPSA) is 63.6 Å². The van der Waals surface area contributed by atoms with Gasteiger partial charge in [0.25, 0.3) is 5.91 Å². The average molecular weight is 313 g/mol. The molecule has 6 heteroatoms. The van der Waals surface area contributed by atoms with Crippen LogP contribution in [-0.4, -0.2) is 22.2 Å². The van der Waals surface area contributed by atoms with Gasteiger partial charge in [0.15, 0.2) is 0 Å². The van der Waals surface area contributed by atoms with Gasteiger partial charge in [-0.1, -0.05) is 23.4 Å². The Morgan fingerprint density at radius 2 is 2.26 bits per heavy atom. The largest absolute Gasteiger partial charge is 0.379 e. The summed E-state index contributed by atoms with van der Waals surface area (Å²) < 4.78 is 13.3. The number of hydrogen-bond donors (Lipinski definition) is 1. The molecule has 2 aromatic rings. The minimum atomic E-state index is -1.09. The predicted octanol–water partition coefficient (Wildman–Crippen LogP) is 2.42. The quantitative estimate of drug-likeness (QED) is 0.943. The van der Waals surface area contributed by atoms with Crippen LogP contribution in [0, 0.1) is 5.82 Å². The summed E-state index contributed by atoms with van der Waals surface area (Å²) in [6.45, 7) is 2.03. The fourth-order valence-corrected chi connectivity index (χ4v) is 2.36. The third kappa shape index (κ3) is 3.36. The lowest BCUT2D eigenvalue weighted by atomic mass is 9.95. The number of amides is 1. The first-order valence-corrected chi connectivity index (χ1v) is 7.25. The highest BCUT2D eigenvalue weighted by molar-refractivity contribution is 6.05. The van der Waals surface area contributed by atoms with E-state index in [4.69, 9.17) is 4.84 Å². The lowest BCUT2D eigenvalue weighted by molar-refractivity contribution is -0.141. The molecule has 5 nitrogen and oxygen atoms in total. The maximum atomic E-state index is 13.3. The molecule has 0 bridgehead atoms. The second kappa shape index (κ2) is 6.16. The Labute approximate surface area is 133 Å². The van der Waals surface area contributed by atoms with Crippen LogP contribution in [0.3, 0.4) is 0 Å². The highest BCUT2D eigenvalue weighted by Gasteiger charge is 2.42. The molecule has 1 N–H and O–H groups in total. The minimum absolute atomic E-state index is 0.267. The first-order valence-electron chi connectivity index (χ1n) is 7.25. The number of carbonyl (C=O) groups is 1. The molecule has 1 aromatic heterocycles. The van der Waals surface area contributed by atoms with Crippen LogP contribution < -0.4 is 5.32 Å². The van der Waals surface area contributed by atoms with E-state index in [0.29, 0.717) is 17.8 Å². The van der Waals surface area contributed by atoms with Gasteiger partial charge in [-0.25, -0.2) is 4.39 Å². The third-order valence-corrected chi connectivity index (χ3v) is 3.68. The van der Waals surface area contributed by atoms with Gasteiger partial charge < -0.3 is 10.2 Å². The number of benzene rings is 1. The summed E-state index contributed by atoms with van der Waals surface area (Å²) in [5.41, 5.74) is 0.982. The Balaban J connectivity index is 1.64. The highest BCUT2D eigenvalue weighted by Crippen LogP contribution is 2.27. The average Bonchev–Trinajstić information content (AvgIpc) is 2.97. The van der Waals surface area contributed by atoms with Crippen LogP contribution in [0.5, 0.6) is 0 Å². The molecule has 0 fully saturated rings. The van der Waals surface area contributed by atoms with Crippen LogP contribution in [0.4, 0.5) is 4.39 Å². The van der Waals surface area contributed by atoms with Crippen molar-refractivity contribution in [2.75, 3.05) is 0 Å². The molecule has 23 heavy (non-hydrogen) atoms. The monoisotopic (exact) mass is 313 g/mol. The molecule has 1 amide bonds. The van der Waals surface area contributed by atoms with Gasteiger partial charge in [0.2, 0.25) is 5.60 Å². The molecule has 0 saturated carbocycles. The van der Waals surface area contributed by atoms with Crippen molar-refractivity contribution in [1.82, 2.24) is 10.3 Å². The van der Waals surface area contributed by atoms with Gasteiger partial charge in [-0.2, -0.15) is 0 Å². The predicted molar refractivity (Wildman–Crippen MR) is 83.1 cm³/mol. The number of rotatable bonds is 4. The molecule has 0 radical (unpaired) electrons. The molecule has 3 rings (SSSR count). The van der Waals surface area contributed by atoms with Crippen molar-refractivity contribution < 1.29 is 14.0 Å². The molecule has 1 atom stereocenters. The molecule has 2 heterocycles. The lowest BCUT2D eigenvalue weighted by Gasteiger charge is -2.20. The Bertz CT molecular complexity index is 749. The number of oxime groups is 1. The summed E-state index contributed by atoms with van der Waals surface area (Å²) in [5.74, 6) is -0.615. The maximum Gasteiger partial charge on any atom is 0.267 e. The Kier molecular flexibility index (Phi) is 4.06. The van der Waals surface area contributed by atoms with Crippen molar-refractivity contribution in [3.05, 3.63) is 65.7 Å². The molecule has 1 aliphatic heterocycles. The van der Waals surface area contributed by atoms with Crippen molar-refractivity contribution in [1.29, 1.82) is 0 Å². The van der Waals surface area contributed by atoms with Crippen molar-refractivity contribution in [2.24, 2.45) is 5.16 Å². The van der Waals surface area contributed by atoms with E-state index in [1.54, 1.807) is 37.5 Å². The van der Waals surface area contributed by atoms with Gasteiger partial charge in [-0.3, -0.25) is 9.78 Å². The second-order valence-electron chi connectivity index (χ2n) is 5.59. The highest BCUT2D eigenvalue weighted by atomic mass is 19.1. The first-order chi connectivity index (χ1) is 11.1. The molecule has 0 unspecified atom stereocenters. The summed E-state index contributed by atoms with van der Waals surface area (Å²) >= 11 is 0. The van der Waals surface area contributed by atoms with Crippen molar-refractivity contribution in [3.8, 4) is 0 Å². The zero-order valence-corrected chi connectivity index (χ0v) is 12.6. The van der Waals surface area contributed by atoms with E-state index < -0.39 is 5.60 Å². The molecule has 1 aliphatic rings. The summed E-state index contributed by atoms with van der Waals surface area (Å²) in [7, 11) is 0. The Hall–Kier alpha value is -2.76. The summed E-state index contributed by atoms with van der Waals surface area (Å²) in [6, 6.07) is 9.76. The molecule has 118 valence electrons. The van der Waals surface area contributed by atoms with E-state index in [-0.39, 0.29) is 18.1 Å². The van der Waals surface area contributed by atoms with E-state index in [1.165, 1.54) is 12.1 Å². The maximum absolute atomic E-state index is 13.3. The van der Waals surface area contributed by atoms with E-state index in [2.05, 4.69) is 15.5 Å². The summed E-state index contributed by atoms with van der Waals surface area (Å²) in [5, 5.41) is 6.77. The van der Waals surface area contributed by atoms with E-state index in [0.717, 1.165) is 5.56 Å². The number of halogens is 1. The SMILES string of the molecule is C[C@@]1(C(=O)NCc2cccnc2)CC(c2cccc(F)c2)=NO1. The number of carbonyl (C=O) groups excluding carboxylic acids is 1. The van der Waals surface area contributed by atoms with Crippen molar-refractivity contribution in [3.63, 3.8) is 0 Å². The van der Waals surface area contributed by atoms with Gasteiger partial charge in [0.1, 0.15) is 5.82 Å². The van der Waals surface area contributed by atoms with Gasteiger partial charge in [0.05, 0.1) is 5.71 Å². The van der Waals surface area contributed by atoms with Gasteiger partial charge in [-0.15, -0.1) is 0 Å². The molecular weight excluding hydrogens is 297 g/mol. The van der Waals surface area contributed by atoms with Gasteiger partial charge >= 0.3 is 0 Å². The summed E-state index contributed by atoms with van der Waals surface area (Å²) in [6.07, 6.45) is 3.65. The van der Waals surface area contributed by atoms with E-state index in [1.807, 2.05) is 6.07 Å². The number of aromatic nitrogens is 1. The van der Waals surface area contributed by atoms with Crippen LogP contribution in [0.1, 0.15) is 24.5 Å². The van der Waals surface area contributed by atoms with Crippen LogP contribution >= 0.6 is 0 Å². The fraction of sp³-hybridized carbons (Fsp3) is 0.235. The molecule has 0 aliphatic carbocycles. The lowest BCUT2D eigenvalue weighted by Crippen LogP contribution is -2.44. The smallest absolute Gasteiger partial charge is 0.267 e. The zero-order chi connectivity index (χ0) is 16.3. The summed E-state index contributed by atoms with van der Waals surface area (Å²) in [4.78, 5) is 21.7. The molecule has 1 aromatic carbocycles. The number of nitrogens with one attached hydrogen (secondary N) is 1. The number of hydrogen-bond acceptors (Lipinski definition) is 4. The molecular formula is C17H16FN3O2. The fourth-order valence-electron chi connectivity index (χ4n) is 2.36. The number of pyridine rings is 1. The molecule has 0 spiro atoms. The normalized spacial score (nSPS) is 19.8. The van der Waals surface area contributed by atoms with Crippen LogP contribution in [0.15, 0.2) is 53.9 Å². The van der Waals surface area contributed by atoms with E-state index in [9.17, 15) is 9.18 Å². The first kappa shape index (κ1) is 15.1. The van der Waals surface area contributed by atoms with Gasteiger partial charge in [-0.05, 0) is 30.7 Å². The minimum Gasteiger partial charge on any atom is -0.379 e. The Morgan fingerprint density at radius 1 is 1.39 bits per heavy atom. The third-order valence-electron chi connectivity index (χ3n) is 3.68. The zero-order valence-electron chi connectivity index (χ0n) is 12.6. The Morgan fingerprint density at radius 3 is 3.00 bits per heavy atom. The number of nitrogens with zero attached hydrogens (tertiary/aromatic N) is 2. The van der Waals surface area contributed by atoms with Crippen molar-refractivity contribution >= 4 is 11.6 Å². The van der Waals surface area contributed by atoms with E-state index >= 15 is 0 Å². The van der Waals surface area contributed by atoms with Crippen LogP contribution in [-0.2, 0) is 16.2 Å². The molecule has 0 saturated heterocycles. The van der Waals surface area contributed by atoms with Crippen LogP contribution in [0.25, 0.3) is 0 Å². The standard InChI is InChI=1S/C17H16FN3O2/c1-17(16(22)20-11-12-4-3-7-19-10-12)9-15(21-23-17)13-5-2-6-14(18)8-13/h2-8,10H,9,11H2,1H3,(H,20,22)/t17-/m0/s1. The van der Waals surface area contributed by atoms with Gasteiger partial charge in [0, 0.05) is 30.9 Å². The van der Waals surface area contributed by atoms with Crippen molar-refractivity contribution in [2.45, 2.75) is 25.5 Å². The van der Waals surface area contributed by atoms with Crippen LogP contribution in [0.2, 0.25) is 0 Å².